The lowest BCUT2D eigenvalue weighted by Gasteiger charge is -2.22. The molecule has 0 aromatic heterocycles. The molecule has 1 atom stereocenters. The fourth-order valence-corrected chi connectivity index (χ4v) is 1.92. The number of esters is 3. The normalized spacial score (nSPS) is 12.2. The van der Waals surface area contributed by atoms with Gasteiger partial charge >= 0.3 is 17.9 Å². The Bertz CT molecular complexity index is 559. The van der Waals surface area contributed by atoms with Crippen molar-refractivity contribution in [1.29, 1.82) is 0 Å². The quantitative estimate of drug-likeness (QED) is 0.433. The highest BCUT2D eigenvalue weighted by Crippen LogP contribution is 2.17. The molecule has 0 aliphatic carbocycles. The molecule has 1 unspecified atom stereocenters. The highest BCUT2D eigenvalue weighted by atomic mass is 16.6. The van der Waals surface area contributed by atoms with Gasteiger partial charge in [-0.2, -0.15) is 0 Å². The van der Waals surface area contributed by atoms with E-state index < -0.39 is 29.4 Å². The SMILES string of the molecule is COC(=O)C(CCC(=O)OCc1ccccc1)C(=O)OC(C)(C)C. The second-order valence-electron chi connectivity index (χ2n) is 6.29. The van der Waals surface area contributed by atoms with E-state index in [9.17, 15) is 14.4 Å². The third kappa shape index (κ3) is 7.26. The number of hydrogen-bond acceptors (Lipinski definition) is 6. The van der Waals surface area contributed by atoms with Crippen LogP contribution in [-0.4, -0.2) is 30.6 Å². The van der Waals surface area contributed by atoms with Gasteiger partial charge in [0.15, 0.2) is 5.92 Å². The summed E-state index contributed by atoms with van der Waals surface area (Å²) in [7, 11) is 1.19. The van der Waals surface area contributed by atoms with Crippen molar-refractivity contribution in [1.82, 2.24) is 0 Å². The van der Waals surface area contributed by atoms with Crippen LogP contribution in [0, 0.1) is 5.92 Å². The van der Waals surface area contributed by atoms with E-state index in [1.807, 2.05) is 30.3 Å². The van der Waals surface area contributed by atoms with Crippen molar-refractivity contribution in [3.05, 3.63) is 35.9 Å². The molecule has 24 heavy (non-hydrogen) atoms. The summed E-state index contributed by atoms with van der Waals surface area (Å²) in [5.74, 6) is -3.06. The smallest absolute Gasteiger partial charge is 0.320 e. The summed E-state index contributed by atoms with van der Waals surface area (Å²) in [4.78, 5) is 35.6. The minimum Gasteiger partial charge on any atom is -0.468 e. The molecule has 0 amide bonds. The molecule has 0 radical (unpaired) electrons. The van der Waals surface area contributed by atoms with E-state index in [4.69, 9.17) is 9.47 Å². The maximum atomic E-state index is 12.1. The number of carbonyl (C=O) groups excluding carboxylic acids is 3. The lowest BCUT2D eigenvalue weighted by atomic mass is 10.0. The molecule has 0 saturated heterocycles. The number of methoxy groups -OCH3 is 1. The second kappa shape index (κ2) is 9.05. The zero-order valence-corrected chi connectivity index (χ0v) is 14.5. The Labute approximate surface area is 142 Å². The summed E-state index contributed by atoms with van der Waals surface area (Å²) in [5, 5.41) is 0. The first-order valence-electron chi connectivity index (χ1n) is 7.73. The van der Waals surface area contributed by atoms with Gasteiger partial charge in [0, 0.05) is 6.42 Å². The van der Waals surface area contributed by atoms with Crippen molar-refractivity contribution in [3.63, 3.8) is 0 Å². The molecular weight excluding hydrogens is 312 g/mol. The van der Waals surface area contributed by atoms with Crippen LogP contribution in [0.4, 0.5) is 0 Å². The van der Waals surface area contributed by atoms with Gasteiger partial charge in [-0.1, -0.05) is 30.3 Å². The minimum absolute atomic E-state index is 0.0186. The monoisotopic (exact) mass is 336 g/mol. The van der Waals surface area contributed by atoms with Gasteiger partial charge in [-0.25, -0.2) is 0 Å². The van der Waals surface area contributed by atoms with Crippen LogP contribution < -0.4 is 0 Å². The second-order valence-corrected chi connectivity index (χ2v) is 6.29. The maximum absolute atomic E-state index is 12.1. The molecule has 6 heteroatoms. The Morgan fingerprint density at radius 1 is 1.04 bits per heavy atom. The molecule has 0 N–H and O–H groups in total. The molecular formula is C18H24O6. The Kier molecular flexibility index (Phi) is 7.42. The number of benzene rings is 1. The van der Waals surface area contributed by atoms with Crippen molar-refractivity contribution in [2.45, 2.75) is 45.8 Å². The van der Waals surface area contributed by atoms with Crippen molar-refractivity contribution in [2.24, 2.45) is 5.92 Å². The Hall–Kier alpha value is -2.37. The van der Waals surface area contributed by atoms with Crippen LogP contribution in [0.2, 0.25) is 0 Å². The van der Waals surface area contributed by atoms with E-state index in [0.29, 0.717) is 0 Å². The lowest BCUT2D eigenvalue weighted by molar-refractivity contribution is -0.168. The van der Waals surface area contributed by atoms with E-state index in [1.54, 1.807) is 20.8 Å². The lowest BCUT2D eigenvalue weighted by Crippen LogP contribution is -2.33. The van der Waals surface area contributed by atoms with Gasteiger partial charge in [-0.05, 0) is 32.8 Å². The summed E-state index contributed by atoms with van der Waals surface area (Å²) < 4.78 is 14.9. The van der Waals surface area contributed by atoms with Gasteiger partial charge < -0.3 is 14.2 Å². The van der Waals surface area contributed by atoms with Crippen molar-refractivity contribution < 1.29 is 28.6 Å². The first-order valence-corrected chi connectivity index (χ1v) is 7.73. The molecule has 0 aliphatic heterocycles. The molecule has 0 aliphatic rings. The molecule has 132 valence electrons. The van der Waals surface area contributed by atoms with Crippen LogP contribution in [-0.2, 0) is 35.2 Å². The molecule has 0 bridgehead atoms. The summed E-state index contributed by atoms with van der Waals surface area (Å²) >= 11 is 0. The van der Waals surface area contributed by atoms with Gasteiger partial charge in [0.05, 0.1) is 7.11 Å². The molecule has 0 saturated carbocycles. The highest BCUT2D eigenvalue weighted by Gasteiger charge is 2.32. The molecule has 0 heterocycles. The predicted octanol–water partition coefficient (Wildman–Crippen LogP) is 2.64. The summed E-state index contributed by atoms with van der Waals surface area (Å²) in [5.41, 5.74) is 0.138. The molecule has 0 spiro atoms. The zero-order chi connectivity index (χ0) is 18.2. The number of hydrogen-bond donors (Lipinski definition) is 0. The zero-order valence-electron chi connectivity index (χ0n) is 14.5. The van der Waals surface area contributed by atoms with Crippen LogP contribution in [0.15, 0.2) is 30.3 Å². The third-order valence-corrected chi connectivity index (χ3v) is 3.06. The average molecular weight is 336 g/mol. The fraction of sp³-hybridized carbons (Fsp3) is 0.500. The topological polar surface area (TPSA) is 78.9 Å². The number of carbonyl (C=O) groups is 3. The van der Waals surface area contributed by atoms with Crippen LogP contribution in [0.5, 0.6) is 0 Å². The molecule has 0 fully saturated rings. The first-order chi connectivity index (χ1) is 11.2. The molecule has 1 rings (SSSR count). The Balaban J connectivity index is 2.53. The Morgan fingerprint density at radius 2 is 1.67 bits per heavy atom. The number of rotatable bonds is 7. The highest BCUT2D eigenvalue weighted by molar-refractivity contribution is 5.95. The van der Waals surface area contributed by atoms with Crippen LogP contribution in [0.1, 0.15) is 39.2 Å². The molecule has 1 aromatic rings. The van der Waals surface area contributed by atoms with Crippen LogP contribution in [0.3, 0.4) is 0 Å². The standard InChI is InChI=1S/C18H24O6/c1-18(2,3)24-17(21)14(16(20)22-4)10-11-15(19)23-12-13-8-6-5-7-9-13/h5-9,14H,10-12H2,1-4H3. The fourth-order valence-electron chi connectivity index (χ4n) is 1.92. The van der Waals surface area contributed by atoms with E-state index in [2.05, 4.69) is 4.74 Å². The first kappa shape index (κ1) is 19.7. The summed E-state index contributed by atoms with van der Waals surface area (Å²) in [6, 6.07) is 9.24. The van der Waals surface area contributed by atoms with Crippen LogP contribution in [0.25, 0.3) is 0 Å². The van der Waals surface area contributed by atoms with Gasteiger partial charge in [-0.15, -0.1) is 0 Å². The Morgan fingerprint density at radius 3 is 2.21 bits per heavy atom. The van der Waals surface area contributed by atoms with Crippen molar-refractivity contribution in [3.8, 4) is 0 Å². The van der Waals surface area contributed by atoms with E-state index in [1.165, 1.54) is 7.11 Å². The van der Waals surface area contributed by atoms with E-state index in [-0.39, 0.29) is 19.4 Å². The summed E-state index contributed by atoms with van der Waals surface area (Å²) in [6.07, 6.45) is -0.0962. The van der Waals surface area contributed by atoms with Gasteiger partial charge in [0.2, 0.25) is 0 Å². The van der Waals surface area contributed by atoms with Gasteiger partial charge in [0.25, 0.3) is 0 Å². The van der Waals surface area contributed by atoms with Gasteiger partial charge in [-0.3, -0.25) is 14.4 Å². The minimum atomic E-state index is -1.14. The van der Waals surface area contributed by atoms with Crippen molar-refractivity contribution >= 4 is 17.9 Å². The van der Waals surface area contributed by atoms with Crippen molar-refractivity contribution in [2.75, 3.05) is 7.11 Å². The predicted molar refractivity (Wildman–Crippen MR) is 86.8 cm³/mol. The molecule has 6 nitrogen and oxygen atoms in total. The summed E-state index contributed by atoms with van der Waals surface area (Å²) in [6.45, 7) is 5.25. The third-order valence-electron chi connectivity index (χ3n) is 3.06. The van der Waals surface area contributed by atoms with E-state index >= 15 is 0 Å². The maximum Gasteiger partial charge on any atom is 0.320 e. The average Bonchev–Trinajstić information content (AvgIpc) is 2.52. The van der Waals surface area contributed by atoms with Gasteiger partial charge in [0.1, 0.15) is 12.2 Å². The molecule has 1 aromatic carbocycles. The largest absolute Gasteiger partial charge is 0.468 e. The van der Waals surface area contributed by atoms with Crippen LogP contribution >= 0.6 is 0 Å². The number of ether oxygens (including phenoxy) is 3. The van der Waals surface area contributed by atoms with E-state index in [0.717, 1.165) is 5.56 Å².